The Morgan fingerprint density at radius 2 is 1.06 bits per heavy atom. The third-order valence-electron chi connectivity index (χ3n) is 6.96. The van der Waals surface area contributed by atoms with Gasteiger partial charge in [0, 0.05) is 52.4 Å². The van der Waals surface area contributed by atoms with E-state index in [2.05, 4.69) is 68.4 Å². The van der Waals surface area contributed by atoms with Gasteiger partial charge in [-0.3, -0.25) is 19.2 Å². The highest BCUT2D eigenvalue weighted by atomic mass is 79.9. The van der Waals surface area contributed by atoms with Crippen LogP contribution in [0.4, 0.5) is 22.7 Å². The van der Waals surface area contributed by atoms with Gasteiger partial charge in [-0.1, -0.05) is 31.9 Å². The van der Waals surface area contributed by atoms with Crippen LogP contribution >= 0.6 is 55.4 Å². The summed E-state index contributed by atoms with van der Waals surface area (Å²) in [6, 6.07) is 8.29. The van der Waals surface area contributed by atoms with Crippen molar-refractivity contribution in [1.82, 2.24) is 15.3 Å². The van der Waals surface area contributed by atoms with Gasteiger partial charge < -0.3 is 43.8 Å². The zero-order valence-corrected chi connectivity index (χ0v) is 33.1. The van der Waals surface area contributed by atoms with Gasteiger partial charge in [0.05, 0.1) is 32.5 Å². The summed E-state index contributed by atoms with van der Waals surface area (Å²) in [5.74, 6) is -0.316. The van der Waals surface area contributed by atoms with E-state index in [4.69, 9.17) is 17.2 Å². The predicted octanol–water partition coefficient (Wildman–Crippen LogP) is 5.00. The van der Waals surface area contributed by atoms with Gasteiger partial charge in [-0.25, -0.2) is 9.97 Å². The average molecular weight is 869 g/mol. The highest BCUT2D eigenvalue weighted by Gasteiger charge is 2.21. The SMILES string of the molecule is CNCCSc1c(NC(=O)CCCCN)cc(Br)cc1NC(=O)c1cc(C(=O)Nc2cc(Br)cc(NC(=O)CCCCN)c2SCCN)ncn1. The Kier molecular flexibility index (Phi) is 18.9. The van der Waals surface area contributed by atoms with Crippen molar-refractivity contribution in [3.63, 3.8) is 0 Å². The smallest absolute Gasteiger partial charge is 0.274 e. The Bertz CT molecular complexity index is 1670. The minimum absolute atomic E-state index is 0.0499. The molecule has 2 aromatic carbocycles. The third kappa shape index (κ3) is 14.1. The van der Waals surface area contributed by atoms with E-state index in [0.29, 0.717) is 105 Å². The molecule has 0 saturated carbocycles. The van der Waals surface area contributed by atoms with E-state index in [1.807, 2.05) is 7.05 Å². The molecule has 1 aromatic heterocycles. The van der Waals surface area contributed by atoms with Crippen molar-refractivity contribution in [1.29, 1.82) is 0 Å². The molecule has 18 heteroatoms. The van der Waals surface area contributed by atoms with Crippen molar-refractivity contribution in [3.8, 4) is 0 Å². The van der Waals surface area contributed by atoms with Crippen LogP contribution in [0.3, 0.4) is 0 Å². The highest BCUT2D eigenvalue weighted by molar-refractivity contribution is 9.10. The van der Waals surface area contributed by atoms with Crippen LogP contribution in [0.5, 0.6) is 0 Å². The summed E-state index contributed by atoms with van der Waals surface area (Å²) in [5.41, 5.74) is 18.7. The second kappa shape index (κ2) is 22.8. The Morgan fingerprint density at radius 1 is 0.627 bits per heavy atom. The summed E-state index contributed by atoms with van der Waals surface area (Å²) in [5, 5.41) is 14.7. The molecule has 51 heavy (non-hydrogen) atoms. The molecule has 0 fully saturated rings. The number of thioether (sulfide) groups is 2. The molecule has 276 valence electrons. The molecule has 0 spiro atoms. The van der Waals surface area contributed by atoms with Crippen molar-refractivity contribution in [3.05, 3.63) is 57.0 Å². The Labute approximate surface area is 323 Å². The summed E-state index contributed by atoms with van der Waals surface area (Å²) >= 11 is 9.81. The van der Waals surface area contributed by atoms with Gasteiger partial charge in [0.15, 0.2) is 0 Å². The number of nitrogens with two attached hydrogens (primary N) is 3. The first-order valence-corrected chi connectivity index (χ1v) is 19.9. The molecular weight excluding hydrogens is 824 g/mol. The molecule has 11 N–H and O–H groups in total. The van der Waals surface area contributed by atoms with E-state index in [1.165, 1.54) is 29.6 Å². The molecule has 14 nitrogen and oxygen atoms in total. The zero-order chi connectivity index (χ0) is 37.2. The van der Waals surface area contributed by atoms with Crippen molar-refractivity contribution in [2.75, 3.05) is 66.0 Å². The van der Waals surface area contributed by atoms with Crippen molar-refractivity contribution >= 4 is 102 Å². The van der Waals surface area contributed by atoms with Gasteiger partial charge in [-0.2, -0.15) is 0 Å². The van der Waals surface area contributed by atoms with E-state index in [0.717, 1.165) is 19.2 Å². The van der Waals surface area contributed by atoms with Gasteiger partial charge >= 0.3 is 0 Å². The normalized spacial score (nSPS) is 10.9. The van der Waals surface area contributed by atoms with Gasteiger partial charge in [0.25, 0.3) is 11.8 Å². The number of carbonyl (C=O) groups is 4. The summed E-state index contributed by atoms with van der Waals surface area (Å²) in [4.78, 5) is 62.0. The lowest BCUT2D eigenvalue weighted by Crippen LogP contribution is -2.20. The second-order valence-electron chi connectivity index (χ2n) is 11.0. The molecule has 0 saturated heterocycles. The van der Waals surface area contributed by atoms with Gasteiger partial charge in [-0.15, -0.1) is 23.5 Å². The molecule has 0 bridgehead atoms. The third-order valence-corrected chi connectivity index (χ3v) is 10.2. The minimum Gasteiger partial charge on any atom is -0.330 e. The monoisotopic (exact) mass is 866 g/mol. The maximum atomic E-state index is 13.6. The molecule has 1 heterocycles. The summed E-state index contributed by atoms with van der Waals surface area (Å²) in [7, 11) is 1.84. The number of nitrogens with zero attached hydrogens (tertiary/aromatic N) is 2. The number of rotatable bonds is 21. The summed E-state index contributed by atoms with van der Waals surface area (Å²) < 4.78 is 1.26. The van der Waals surface area contributed by atoms with Crippen molar-refractivity contribution in [2.45, 2.75) is 48.3 Å². The average Bonchev–Trinajstić information content (AvgIpc) is 3.09. The fourth-order valence-electron chi connectivity index (χ4n) is 4.55. The Morgan fingerprint density at radius 3 is 1.47 bits per heavy atom. The van der Waals surface area contributed by atoms with E-state index in [9.17, 15) is 19.2 Å². The fourth-order valence-corrected chi connectivity index (χ4v) is 7.36. The molecular formula is C33H44Br2N10O4S2. The van der Waals surface area contributed by atoms with Gasteiger partial charge in [0.1, 0.15) is 17.7 Å². The Balaban J connectivity index is 1.86. The number of unbranched alkanes of at least 4 members (excludes halogenated alkanes) is 2. The maximum absolute atomic E-state index is 13.6. The molecule has 4 amide bonds. The molecule has 0 aliphatic rings. The maximum Gasteiger partial charge on any atom is 0.274 e. The summed E-state index contributed by atoms with van der Waals surface area (Å²) in [6.45, 7) is 2.07. The number of hydrogen-bond acceptors (Lipinski definition) is 12. The topological polar surface area (TPSA) is 232 Å². The lowest BCUT2D eigenvalue weighted by Gasteiger charge is -2.17. The van der Waals surface area contributed by atoms with Crippen molar-refractivity contribution in [2.24, 2.45) is 17.2 Å². The van der Waals surface area contributed by atoms with E-state index in [1.54, 1.807) is 24.3 Å². The van der Waals surface area contributed by atoms with Crippen LogP contribution in [0.2, 0.25) is 0 Å². The van der Waals surface area contributed by atoms with Crippen LogP contribution in [0.15, 0.2) is 55.4 Å². The van der Waals surface area contributed by atoms with E-state index >= 15 is 0 Å². The fraction of sp³-hybridized carbons (Fsp3) is 0.394. The number of amides is 4. The first-order chi connectivity index (χ1) is 24.6. The number of hydrogen-bond donors (Lipinski definition) is 8. The quantitative estimate of drug-likeness (QED) is 0.0522. The molecule has 3 aromatic rings. The summed E-state index contributed by atoms with van der Waals surface area (Å²) in [6.07, 6.45) is 4.54. The zero-order valence-electron chi connectivity index (χ0n) is 28.3. The number of halogens is 2. The Hall–Kier alpha value is -3.10. The number of anilines is 4. The van der Waals surface area contributed by atoms with E-state index < -0.39 is 11.8 Å². The molecule has 0 atom stereocenters. The molecule has 0 aliphatic carbocycles. The largest absolute Gasteiger partial charge is 0.330 e. The lowest BCUT2D eigenvalue weighted by molar-refractivity contribution is -0.117. The molecule has 0 unspecified atom stereocenters. The lowest BCUT2D eigenvalue weighted by atomic mass is 10.2. The van der Waals surface area contributed by atoms with Crippen molar-refractivity contribution < 1.29 is 19.2 Å². The van der Waals surface area contributed by atoms with Crippen LogP contribution in [0.25, 0.3) is 0 Å². The number of nitrogens with one attached hydrogen (secondary N) is 5. The molecule has 0 radical (unpaired) electrons. The molecule has 0 aliphatic heterocycles. The van der Waals surface area contributed by atoms with Gasteiger partial charge in [0.2, 0.25) is 11.8 Å². The molecule has 3 rings (SSSR count). The number of benzene rings is 2. The van der Waals surface area contributed by atoms with E-state index in [-0.39, 0.29) is 23.2 Å². The van der Waals surface area contributed by atoms with Crippen LogP contribution in [0, 0.1) is 0 Å². The minimum atomic E-state index is -0.593. The van der Waals surface area contributed by atoms with Gasteiger partial charge in [-0.05, 0) is 70.1 Å². The first-order valence-electron chi connectivity index (χ1n) is 16.3. The first kappa shape index (κ1) is 42.3. The predicted molar refractivity (Wildman–Crippen MR) is 214 cm³/mol. The highest BCUT2D eigenvalue weighted by Crippen LogP contribution is 2.39. The number of carbonyl (C=O) groups excluding carboxylic acids is 4. The standard InChI is InChI=1S/C33H44Br2N10O4S2/c1-39-11-13-51-31-23(43-29(47)7-3-5-9-37)15-21(35)17-25(31)45-33(49)27-18-26(40-19-41-27)32(48)44-24-16-20(34)14-22(30(24)50-12-10-38)42-28(46)6-2-4-8-36/h14-19,39H,2-13,36-38H2,1H3,(H,42,46)(H,43,47)(H,44,48)(H,45,49). The van der Waals surface area contributed by atoms with Crippen LogP contribution in [0.1, 0.15) is 59.5 Å². The van der Waals surface area contributed by atoms with Crippen LogP contribution in [-0.2, 0) is 9.59 Å². The second-order valence-corrected chi connectivity index (χ2v) is 15.1. The van der Waals surface area contributed by atoms with Crippen LogP contribution in [-0.4, -0.2) is 78.3 Å². The van der Waals surface area contributed by atoms with Crippen LogP contribution < -0.4 is 43.8 Å². The number of aromatic nitrogens is 2.